The number of amidine groups is 1. The van der Waals surface area contributed by atoms with E-state index in [0.29, 0.717) is 11.8 Å². The number of aliphatic hydroxyl groups is 1. The van der Waals surface area contributed by atoms with Crippen LogP contribution in [-0.4, -0.2) is 47.3 Å². The number of rotatable bonds is 5. The van der Waals surface area contributed by atoms with Crippen molar-refractivity contribution in [2.45, 2.75) is 26.2 Å². The molecule has 1 fully saturated rings. The van der Waals surface area contributed by atoms with E-state index in [4.69, 9.17) is 16.0 Å². The minimum Gasteiger partial charge on any atom is -0.409 e. The normalized spacial score (nSPS) is 25.6. The zero-order valence-corrected chi connectivity index (χ0v) is 9.97. The van der Waals surface area contributed by atoms with Gasteiger partial charge in [-0.15, -0.1) is 0 Å². The maximum Gasteiger partial charge on any atom is 0.143 e. The van der Waals surface area contributed by atoms with Crippen LogP contribution in [-0.2, 0) is 0 Å². The lowest BCUT2D eigenvalue weighted by Gasteiger charge is -2.33. The molecule has 16 heavy (non-hydrogen) atoms. The maximum absolute atomic E-state index is 8.92. The molecule has 5 nitrogen and oxygen atoms in total. The Hall–Kier alpha value is -0.810. The van der Waals surface area contributed by atoms with Gasteiger partial charge in [-0.3, -0.25) is 0 Å². The predicted molar refractivity (Wildman–Crippen MR) is 63.4 cm³/mol. The van der Waals surface area contributed by atoms with Crippen molar-refractivity contribution in [2.75, 3.05) is 26.2 Å². The molecule has 0 spiro atoms. The highest BCUT2D eigenvalue weighted by Gasteiger charge is 2.21. The Bertz CT molecular complexity index is 231. The van der Waals surface area contributed by atoms with Crippen LogP contribution in [0.15, 0.2) is 5.16 Å². The molecule has 0 bridgehead atoms. The van der Waals surface area contributed by atoms with Crippen LogP contribution in [0, 0.1) is 11.8 Å². The number of nitrogens with two attached hydrogens (primary N) is 1. The SMILES string of the molecule is CC(CN1CCCC(CCO)C1)C(N)=NO. The van der Waals surface area contributed by atoms with Crippen LogP contribution in [0.4, 0.5) is 0 Å². The summed E-state index contributed by atoms with van der Waals surface area (Å²) >= 11 is 0. The first-order chi connectivity index (χ1) is 7.67. The van der Waals surface area contributed by atoms with Gasteiger partial charge in [-0.05, 0) is 31.7 Å². The molecule has 4 N–H and O–H groups in total. The molecule has 1 aliphatic rings. The van der Waals surface area contributed by atoms with E-state index in [1.165, 1.54) is 12.8 Å². The predicted octanol–water partition coefficient (Wildman–Crippen LogP) is 0.463. The Morgan fingerprint density at radius 1 is 1.62 bits per heavy atom. The highest BCUT2D eigenvalue weighted by Crippen LogP contribution is 2.19. The van der Waals surface area contributed by atoms with Crippen LogP contribution < -0.4 is 5.73 Å². The number of hydrogen-bond donors (Lipinski definition) is 3. The molecule has 2 atom stereocenters. The summed E-state index contributed by atoms with van der Waals surface area (Å²) in [5, 5.41) is 20.5. The lowest BCUT2D eigenvalue weighted by Crippen LogP contribution is -2.41. The summed E-state index contributed by atoms with van der Waals surface area (Å²) in [6.07, 6.45) is 3.26. The maximum atomic E-state index is 8.92. The van der Waals surface area contributed by atoms with Crippen LogP contribution in [0.1, 0.15) is 26.2 Å². The summed E-state index contributed by atoms with van der Waals surface area (Å²) in [4.78, 5) is 2.34. The third kappa shape index (κ3) is 3.98. The van der Waals surface area contributed by atoms with Gasteiger partial charge in [0.05, 0.1) is 0 Å². The molecular weight excluding hydrogens is 206 g/mol. The topological polar surface area (TPSA) is 82.1 Å². The van der Waals surface area contributed by atoms with Gasteiger partial charge in [-0.1, -0.05) is 12.1 Å². The molecule has 94 valence electrons. The molecule has 1 saturated heterocycles. The molecular formula is C11H23N3O2. The van der Waals surface area contributed by atoms with Crippen molar-refractivity contribution in [3.8, 4) is 0 Å². The van der Waals surface area contributed by atoms with Gasteiger partial charge in [0.15, 0.2) is 0 Å². The standard InChI is InChI=1S/C11H23N3O2/c1-9(11(12)13-16)7-14-5-2-3-10(8-14)4-6-15/h9-10,15-16H,2-8H2,1H3,(H2,12,13). The Balaban J connectivity index is 2.36. The smallest absolute Gasteiger partial charge is 0.143 e. The summed E-state index contributed by atoms with van der Waals surface area (Å²) < 4.78 is 0. The molecule has 1 rings (SSSR count). The first-order valence-electron chi connectivity index (χ1n) is 5.98. The second-order valence-electron chi connectivity index (χ2n) is 4.71. The molecule has 5 heteroatoms. The lowest BCUT2D eigenvalue weighted by molar-refractivity contribution is 0.141. The first kappa shape index (κ1) is 13.3. The Kier molecular flexibility index (Phi) is 5.55. The largest absolute Gasteiger partial charge is 0.409 e. The quantitative estimate of drug-likeness (QED) is 0.277. The third-order valence-electron chi connectivity index (χ3n) is 3.29. The van der Waals surface area contributed by atoms with E-state index in [-0.39, 0.29) is 12.5 Å². The fraction of sp³-hybridized carbons (Fsp3) is 0.909. The van der Waals surface area contributed by atoms with E-state index in [9.17, 15) is 0 Å². The highest BCUT2D eigenvalue weighted by atomic mass is 16.4. The molecule has 1 heterocycles. The van der Waals surface area contributed by atoms with Crippen molar-refractivity contribution < 1.29 is 10.3 Å². The molecule has 0 aromatic heterocycles. The van der Waals surface area contributed by atoms with Crippen molar-refractivity contribution in [1.29, 1.82) is 0 Å². The molecule has 0 aliphatic carbocycles. The number of hydrogen-bond acceptors (Lipinski definition) is 4. The average molecular weight is 229 g/mol. The highest BCUT2D eigenvalue weighted by molar-refractivity contribution is 5.82. The Labute approximate surface area is 96.9 Å². The van der Waals surface area contributed by atoms with E-state index < -0.39 is 0 Å². The van der Waals surface area contributed by atoms with E-state index in [2.05, 4.69) is 10.1 Å². The van der Waals surface area contributed by atoms with E-state index in [1.54, 1.807) is 0 Å². The zero-order valence-electron chi connectivity index (χ0n) is 9.97. The lowest BCUT2D eigenvalue weighted by atomic mass is 9.94. The molecule has 1 aliphatic heterocycles. The zero-order chi connectivity index (χ0) is 12.0. The summed E-state index contributed by atoms with van der Waals surface area (Å²) in [7, 11) is 0. The van der Waals surface area contributed by atoms with E-state index >= 15 is 0 Å². The minimum atomic E-state index is 0.0814. The molecule has 0 radical (unpaired) electrons. The van der Waals surface area contributed by atoms with Gasteiger partial charge in [-0.2, -0.15) is 0 Å². The van der Waals surface area contributed by atoms with Crippen LogP contribution in [0.25, 0.3) is 0 Å². The van der Waals surface area contributed by atoms with E-state index in [1.807, 2.05) is 6.92 Å². The minimum absolute atomic E-state index is 0.0814. The fourth-order valence-electron chi connectivity index (χ4n) is 2.31. The van der Waals surface area contributed by atoms with Gasteiger partial charge in [-0.25, -0.2) is 0 Å². The Morgan fingerprint density at radius 2 is 2.38 bits per heavy atom. The van der Waals surface area contributed by atoms with Crippen LogP contribution >= 0.6 is 0 Å². The van der Waals surface area contributed by atoms with Crippen LogP contribution in [0.5, 0.6) is 0 Å². The number of oxime groups is 1. The summed E-state index contributed by atoms with van der Waals surface area (Å²) in [6, 6.07) is 0. The van der Waals surface area contributed by atoms with Gasteiger partial charge in [0.1, 0.15) is 5.84 Å². The van der Waals surface area contributed by atoms with Crippen molar-refractivity contribution in [1.82, 2.24) is 4.90 Å². The van der Waals surface area contributed by atoms with Crippen molar-refractivity contribution in [3.05, 3.63) is 0 Å². The van der Waals surface area contributed by atoms with Gasteiger partial charge in [0.25, 0.3) is 0 Å². The second kappa shape index (κ2) is 6.70. The van der Waals surface area contributed by atoms with Crippen LogP contribution in [0.3, 0.4) is 0 Å². The molecule has 0 amide bonds. The third-order valence-corrected chi connectivity index (χ3v) is 3.29. The van der Waals surface area contributed by atoms with Gasteiger partial charge in [0, 0.05) is 25.6 Å². The first-order valence-corrected chi connectivity index (χ1v) is 5.98. The van der Waals surface area contributed by atoms with Gasteiger partial charge in [0.2, 0.25) is 0 Å². The summed E-state index contributed by atoms with van der Waals surface area (Å²) in [5.41, 5.74) is 5.56. The Morgan fingerprint density at radius 3 is 3.00 bits per heavy atom. The molecule has 0 aromatic carbocycles. The van der Waals surface area contributed by atoms with Crippen molar-refractivity contribution in [3.63, 3.8) is 0 Å². The van der Waals surface area contributed by atoms with Gasteiger partial charge < -0.3 is 20.9 Å². The van der Waals surface area contributed by atoms with E-state index in [0.717, 1.165) is 26.1 Å². The van der Waals surface area contributed by atoms with Crippen molar-refractivity contribution in [2.24, 2.45) is 22.7 Å². The molecule has 2 unspecified atom stereocenters. The van der Waals surface area contributed by atoms with Gasteiger partial charge >= 0.3 is 0 Å². The number of nitrogens with zero attached hydrogens (tertiary/aromatic N) is 2. The summed E-state index contributed by atoms with van der Waals surface area (Å²) in [5.74, 6) is 0.973. The van der Waals surface area contributed by atoms with Crippen molar-refractivity contribution >= 4 is 5.84 Å². The molecule has 0 aromatic rings. The second-order valence-corrected chi connectivity index (χ2v) is 4.71. The number of piperidine rings is 1. The number of aliphatic hydroxyl groups excluding tert-OH is 1. The average Bonchev–Trinajstić information content (AvgIpc) is 2.29. The number of likely N-dealkylation sites (tertiary alicyclic amines) is 1. The molecule has 0 saturated carbocycles. The fourth-order valence-corrected chi connectivity index (χ4v) is 2.31. The summed E-state index contributed by atoms with van der Waals surface area (Å²) in [6.45, 7) is 5.16. The van der Waals surface area contributed by atoms with Crippen LogP contribution in [0.2, 0.25) is 0 Å². The monoisotopic (exact) mass is 229 g/mol.